The number of rotatable bonds is 9. The Morgan fingerprint density at radius 2 is 1.64 bits per heavy atom. The summed E-state index contributed by atoms with van der Waals surface area (Å²) in [7, 11) is -3.67. The Morgan fingerprint density at radius 3 is 2.24 bits per heavy atom. The van der Waals surface area contributed by atoms with Crippen LogP contribution in [0, 0.1) is 12.8 Å². The van der Waals surface area contributed by atoms with Crippen LogP contribution in [0.5, 0.6) is 0 Å². The zero-order chi connectivity index (χ0) is 24.2. The summed E-state index contributed by atoms with van der Waals surface area (Å²) < 4.78 is 28.5. The molecule has 6 nitrogen and oxygen atoms in total. The van der Waals surface area contributed by atoms with Crippen molar-refractivity contribution in [1.82, 2.24) is 14.5 Å². The topological polar surface area (TPSA) is 72.3 Å². The van der Waals surface area contributed by atoms with Crippen molar-refractivity contribution < 1.29 is 13.2 Å². The maximum absolute atomic E-state index is 13.4. The Labute approximate surface area is 197 Å². The SMILES string of the molecule is Cc1ccccc1CS(=O)(=O)c1ncc(CN(C(=O)c2ccccc2)C(C)C)n1CC(C)C. The first-order valence-electron chi connectivity index (χ1n) is 11.3. The van der Waals surface area contributed by atoms with Crippen LogP contribution in [0.4, 0.5) is 0 Å². The molecule has 176 valence electrons. The molecule has 0 aliphatic carbocycles. The Bertz CT molecular complexity index is 1200. The highest BCUT2D eigenvalue weighted by molar-refractivity contribution is 7.90. The highest BCUT2D eigenvalue weighted by Crippen LogP contribution is 2.22. The number of aromatic nitrogens is 2. The zero-order valence-electron chi connectivity index (χ0n) is 20.0. The molecule has 1 amide bonds. The second-order valence-electron chi connectivity index (χ2n) is 9.11. The Morgan fingerprint density at radius 1 is 1.00 bits per heavy atom. The van der Waals surface area contributed by atoms with Gasteiger partial charge < -0.3 is 9.47 Å². The fraction of sp³-hybridized carbons (Fsp3) is 0.385. The Kier molecular flexibility index (Phi) is 7.74. The van der Waals surface area contributed by atoms with Gasteiger partial charge in [-0.25, -0.2) is 13.4 Å². The van der Waals surface area contributed by atoms with Crippen LogP contribution in [-0.2, 0) is 28.7 Å². The maximum Gasteiger partial charge on any atom is 0.254 e. The van der Waals surface area contributed by atoms with Crippen LogP contribution in [0.15, 0.2) is 66.0 Å². The van der Waals surface area contributed by atoms with Crippen molar-refractivity contribution in [3.8, 4) is 0 Å². The molecule has 2 aromatic carbocycles. The van der Waals surface area contributed by atoms with E-state index in [0.717, 1.165) is 11.1 Å². The zero-order valence-corrected chi connectivity index (χ0v) is 20.8. The summed E-state index contributed by atoms with van der Waals surface area (Å²) in [6.07, 6.45) is 1.60. The minimum atomic E-state index is -3.67. The molecule has 33 heavy (non-hydrogen) atoms. The lowest BCUT2D eigenvalue weighted by atomic mass is 10.1. The molecule has 1 aromatic heterocycles. The van der Waals surface area contributed by atoms with Gasteiger partial charge in [0.1, 0.15) is 0 Å². The van der Waals surface area contributed by atoms with E-state index in [-0.39, 0.29) is 35.3 Å². The van der Waals surface area contributed by atoms with E-state index in [9.17, 15) is 13.2 Å². The van der Waals surface area contributed by atoms with E-state index in [1.54, 1.807) is 27.8 Å². The number of benzene rings is 2. The lowest BCUT2D eigenvalue weighted by Gasteiger charge is -2.27. The normalized spacial score (nSPS) is 11.8. The van der Waals surface area contributed by atoms with Crippen LogP contribution in [0.2, 0.25) is 0 Å². The van der Waals surface area contributed by atoms with E-state index in [0.29, 0.717) is 17.8 Å². The highest BCUT2D eigenvalue weighted by atomic mass is 32.2. The summed E-state index contributed by atoms with van der Waals surface area (Å²) in [5.74, 6) is 0.0142. The van der Waals surface area contributed by atoms with Crippen LogP contribution in [0.25, 0.3) is 0 Å². The standard InChI is InChI=1S/C26H33N3O3S/c1-19(2)16-29-24(17-28(20(3)4)25(30)22-12-7-6-8-13-22)15-27-26(29)33(31,32)18-23-14-10-9-11-21(23)5/h6-15,19-20H,16-18H2,1-5H3. The van der Waals surface area contributed by atoms with Crippen LogP contribution in [-0.4, -0.2) is 34.8 Å². The fourth-order valence-corrected chi connectivity index (χ4v) is 5.38. The second-order valence-corrected chi connectivity index (χ2v) is 11.0. The van der Waals surface area contributed by atoms with Crippen LogP contribution in [0.1, 0.15) is 54.9 Å². The van der Waals surface area contributed by atoms with Crippen molar-refractivity contribution >= 4 is 15.7 Å². The van der Waals surface area contributed by atoms with Crippen molar-refractivity contribution in [1.29, 1.82) is 0 Å². The summed E-state index contributed by atoms with van der Waals surface area (Å²) in [4.78, 5) is 19.3. The first kappa shape index (κ1) is 24.7. The van der Waals surface area contributed by atoms with E-state index in [1.165, 1.54) is 0 Å². The molecule has 0 atom stereocenters. The number of nitrogens with zero attached hydrogens (tertiary/aromatic N) is 3. The summed E-state index contributed by atoms with van der Waals surface area (Å²) in [5.41, 5.74) is 3.02. The van der Waals surface area contributed by atoms with Gasteiger partial charge in [0, 0.05) is 18.2 Å². The third-order valence-electron chi connectivity index (χ3n) is 5.57. The number of imidazole rings is 1. The lowest BCUT2D eigenvalue weighted by Crippen LogP contribution is -2.37. The number of hydrogen-bond donors (Lipinski definition) is 0. The molecular formula is C26H33N3O3S. The van der Waals surface area contributed by atoms with E-state index < -0.39 is 9.84 Å². The van der Waals surface area contributed by atoms with Crippen LogP contribution >= 0.6 is 0 Å². The van der Waals surface area contributed by atoms with Crippen molar-refractivity contribution in [2.45, 2.75) is 64.7 Å². The van der Waals surface area contributed by atoms with Gasteiger partial charge in [-0.15, -0.1) is 0 Å². The van der Waals surface area contributed by atoms with Crippen molar-refractivity contribution in [3.05, 3.63) is 83.2 Å². The first-order chi connectivity index (χ1) is 15.6. The number of carbonyl (C=O) groups is 1. The molecule has 0 unspecified atom stereocenters. The molecule has 3 aromatic rings. The molecule has 0 spiro atoms. The molecular weight excluding hydrogens is 434 g/mol. The molecule has 0 saturated carbocycles. The maximum atomic E-state index is 13.4. The summed E-state index contributed by atoms with van der Waals surface area (Å²) in [6.45, 7) is 10.7. The molecule has 0 fully saturated rings. The van der Waals surface area contributed by atoms with Gasteiger partial charge in [-0.2, -0.15) is 0 Å². The molecule has 0 radical (unpaired) electrons. The van der Waals surface area contributed by atoms with Crippen molar-refractivity contribution in [2.75, 3.05) is 0 Å². The van der Waals surface area contributed by atoms with E-state index in [1.807, 2.05) is 77.1 Å². The molecule has 0 bridgehead atoms. The number of carbonyl (C=O) groups excluding carboxylic acids is 1. The van der Waals surface area contributed by atoms with Gasteiger partial charge >= 0.3 is 0 Å². The van der Waals surface area contributed by atoms with E-state index in [2.05, 4.69) is 4.98 Å². The molecule has 0 saturated heterocycles. The molecule has 0 N–H and O–H groups in total. The van der Waals surface area contributed by atoms with Gasteiger partial charge in [-0.1, -0.05) is 56.3 Å². The number of amides is 1. The molecule has 0 aliphatic rings. The third-order valence-corrected chi connectivity index (χ3v) is 7.14. The molecule has 3 rings (SSSR count). The fourth-order valence-electron chi connectivity index (χ4n) is 3.78. The van der Waals surface area contributed by atoms with Gasteiger partial charge in [0.2, 0.25) is 15.0 Å². The van der Waals surface area contributed by atoms with Crippen molar-refractivity contribution in [3.63, 3.8) is 0 Å². The van der Waals surface area contributed by atoms with Gasteiger partial charge in [0.25, 0.3) is 5.91 Å². The third kappa shape index (κ3) is 5.90. The van der Waals surface area contributed by atoms with Crippen LogP contribution in [0.3, 0.4) is 0 Å². The second kappa shape index (κ2) is 10.3. The molecule has 1 heterocycles. The quantitative estimate of drug-likeness (QED) is 0.450. The average molecular weight is 468 g/mol. The predicted molar refractivity (Wildman–Crippen MR) is 131 cm³/mol. The summed E-state index contributed by atoms with van der Waals surface area (Å²) in [5, 5.41) is 0.0605. The highest BCUT2D eigenvalue weighted by Gasteiger charge is 2.27. The van der Waals surface area contributed by atoms with Gasteiger partial charge in [-0.05, 0) is 49.9 Å². The Balaban J connectivity index is 1.97. The number of aryl methyl sites for hydroxylation is 1. The minimum absolute atomic E-state index is 0.0605. The van der Waals surface area contributed by atoms with E-state index in [4.69, 9.17) is 0 Å². The summed E-state index contributed by atoms with van der Waals surface area (Å²) in [6, 6.07) is 16.6. The molecule has 0 aliphatic heterocycles. The smallest absolute Gasteiger partial charge is 0.254 e. The number of sulfone groups is 1. The lowest BCUT2D eigenvalue weighted by molar-refractivity contribution is 0.0685. The van der Waals surface area contributed by atoms with Crippen molar-refractivity contribution in [2.24, 2.45) is 5.92 Å². The number of hydrogen-bond acceptors (Lipinski definition) is 4. The molecule has 7 heteroatoms. The monoisotopic (exact) mass is 467 g/mol. The van der Waals surface area contributed by atoms with Gasteiger partial charge in [0.05, 0.1) is 24.2 Å². The van der Waals surface area contributed by atoms with E-state index >= 15 is 0 Å². The summed E-state index contributed by atoms with van der Waals surface area (Å²) >= 11 is 0. The Hall–Kier alpha value is -2.93. The first-order valence-corrected chi connectivity index (χ1v) is 12.9. The van der Waals surface area contributed by atoms with Gasteiger partial charge in [-0.3, -0.25) is 4.79 Å². The average Bonchev–Trinajstić information content (AvgIpc) is 3.16. The minimum Gasteiger partial charge on any atom is -0.330 e. The largest absolute Gasteiger partial charge is 0.330 e. The van der Waals surface area contributed by atoms with Gasteiger partial charge in [0.15, 0.2) is 0 Å². The predicted octanol–water partition coefficient (Wildman–Crippen LogP) is 4.87. The van der Waals surface area contributed by atoms with Crippen LogP contribution < -0.4 is 0 Å².